The van der Waals surface area contributed by atoms with Gasteiger partial charge in [-0.3, -0.25) is 4.90 Å². The smallest absolute Gasteiger partial charge is 0.240 e. The average Bonchev–Trinajstić information content (AvgIpc) is 2.68. The Bertz CT molecular complexity index is 866. The number of nitriles is 1. The van der Waals surface area contributed by atoms with Crippen molar-refractivity contribution in [3.05, 3.63) is 65.2 Å². The summed E-state index contributed by atoms with van der Waals surface area (Å²) in [6.45, 7) is 4.52. The minimum absolute atomic E-state index is 0.153. The van der Waals surface area contributed by atoms with Crippen molar-refractivity contribution < 1.29 is 13.2 Å². The lowest BCUT2D eigenvalue weighted by Crippen LogP contribution is -2.35. The lowest BCUT2D eigenvalue weighted by molar-refractivity contribution is 0.0342. The number of morpholine rings is 1. The molecule has 7 heteroatoms. The highest BCUT2D eigenvalue weighted by Gasteiger charge is 2.14. The lowest BCUT2D eigenvalue weighted by atomic mass is 10.1. The Morgan fingerprint density at radius 1 is 1.00 bits per heavy atom. The van der Waals surface area contributed by atoms with Crippen LogP contribution in [0.1, 0.15) is 16.7 Å². The second kappa shape index (κ2) is 8.43. The maximum atomic E-state index is 12.3. The first kappa shape index (κ1) is 18.5. The molecule has 1 N–H and O–H groups in total. The summed E-state index contributed by atoms with van der Waals surface area (Å²) in [5.41, 5.74) is 2.53. The molecule has 1 fully saturated rings. The quantitative estimate of drug-likeness (QED) is 0.838. The maximum Gasteiger partial charge on any atom is 0.240 e. The summed E-state index contributed by atoms with van der Waals surface area (Å²) in [5.74, 6) is 0. The molecule has 2 aromatic carbocycles. The van der Waals surface area contributed by atoms with Gasteiger partial charge >= 0.3 is 0 Å². The van der Waals surface area contributed by atoms with Crippen LogP contribution >= 0.6 is 0 Å². The summed E-state index contributed by atoms with van der Waals surface area (Å²) in [5, 5.41) is 8.78. The van der Waals surface area contributed by atoms with E-state index in [1.165, 1.54) is 29.8 Å². The zero-order valence-electron chi connectivity index (χ0n) is 14.4. The number of nitrogens with one attached hydrogen (secondary N) is 1. The fourth-order valence-electron chi connectivity index (χ4n) is 2.75. The van der Waals surface area contributed by atoms with Crippen molar-refractivity contribution in [3.63, 3.8) is 0 Å². The number of hydrogen-bond donors (Lipinski definition) is 1. The van der Waals surface area contributed by atoms with E-state index in [-0.39, 0.29) is 11.4 Å². The molecule has 0 saturated carbocycles. The molecule has 1 heterocycles. The predicted molar refractivity (Wildman–Crippen MR) is 97.7 cm³/mol. The molecule has 2 aromatic rings. The van der Waals surface area contributed by atoms with E-state index in [0.29, 0.717) is 5.56 Å². The molecule has 136 valence electrons. The minimum atomic E-state index is -3.60. The van der Waals surface area contributed by atoms with Gasteiger partial charge in [0, 0.05) is 26.2 Å². The van der Waals surface area contributed by atoms with E-state index in [4.69, 9.17) is 10.00 Å². The summed E-state index contributed by atoms with van der Waals surface area (Å²) < 4.78 is 32.6. The van der Waals surface area contributed by atoms with Gasteiger partial charge in [-0.25, -0.2) is 13.1 Å². The highest BCUT2D eigenvalue weighted by Crippen LogP contribution is 2.12. The third-order valence-electron chi connectivity index (χ3n) is 4.29. The summed E-state index contributed by atoms with van der Waals surface area (Å²) in [6.07, 6.45) is 0. The molecule has 1 saturated heterocycles. The third kappa shape index (κ3) is 4.90. The number of hydrogen-bond acceptors (Lipinski definition) is 5. The van der Waals surface area contributed by atoms with Crippen molar-refractivity contribution in [1.82, 2.24) is 9.62 Å². The second-order valence-electron chi connectivity index (χ2n) is 6.17. The van der Waals surface area contributed by atoms with Crippen LogP contribution in [0, 0.1) is 11.3 Å². The van der Waals surface area contributed by atoms with Crippen LogP contribution in [0.15, 0.2) is 53.4 Å². The second-order valence-corrected chi connectivity index (χ2v) is 7.93. The number of rotatable bonds is 6. The first-order valence-corrected chi connectivity index (χ1v) is 9.93. The van der Waals surface area contributed by atoms with Crippen LogP contribution in [0.5, 0.6) is 0 Å². The number of ether oxygens (including phenoxy) is 1. The Hall–Kier alpha value is -2.24. The zero-order valence-corrected chi connectivity index (χ0v) is 15.2. The van der Waals surface area contributed by atoms with Gasteiger partial charge in [-0.1, -0.05) is 24.3 Å². The van der Waals surface area contributed by atoms with Crippen molar-refractivity contribution in [1.29, 1.82) is 5.26 Å². The number of sulfonamides is 1. The molecule has 26 heavy (non-hydrogen) atoms. The Morgan fingerprint density at radius 2 is 1.62 bits per heavy atom. The Morgan fingerprint density at radius 3 is 2.23 bits per heavy atom. The van der Waals surface area contributed by atoms with Gasteiger partial charge in [-0.15, -0.1) is 0 Å². The highest BCUT2D eigenvalue weighted by atomic mass is 32.2. The molecule has 3 rings (SSSR count). The van der Waals surface area contributed by atoms with E-state index in [9.17, 15) is 8.42 Å². The molecule has 0 amide bonds. The maximum absolute atomic E-state index is 12.3. The summed E-state index contributed by atoms with van der Waals surface area (Å²) >= 11 is 0. The van der Waals surface area contributed by atoms with Crippen molar-refractivity contribution in [3.8, 4) is 6.07 Å². The van der Waals surface area contributed by atoms with Gasteiger partial charge in [-0.05, 0) is 35.4 Å². The van der Waals surface area contributed by atoms with Crippen molar-refractivity contribution in [2.45, 2.75) is 18.0 Å². The largest absolute Gasteiger partial charge is 0.379 e. The van der Waals surface area contributed by atoms with E-state index >= 15 is 0 Å². The fraction of sp³-hybridized carbons (Fsp3) is 0.316. The van der Waals surface area contributed by atoms with E-state index in [0.717, 1.165) is 38.4 Å². The topological polar surface area (TPSA) is 82.4 Å². The highest BCUT2D eigenvalue weighted by molar-refractivity contribution is 7.89. The summed E-state index contributed by atoms with van der Waals surface area (Å²) in [7, 11) is -3.60. The molecule has 0 aliphatic carbocycles. The van der Waals surface area contributed by atoms with Crippen LogP contribution in [-0.2, 0) is 27.8 Å². The van der Waals surface area contributed by atoms with Crippen LogP contribution in [0.4, 0.5) is 0 Å². The normalized spacial score (nSPS) is 15.5. The third-order valence-corrected chi connectivity index (χ3v) is 5.71. The molecule has 1 aliphatic heterocycles. The van der Waals surface area contributed by atoms with Crippen LogP contribution in [-0.4, -0.2) is 39.6 Å². The van der Waals surface area contributed by atoms with E-state index in [1.54, 1.807) is 0 Å². The molecule has 0 unspecified atom stereocenters. The summed E-state index contributed by atoms with van der Waals surface area (Å²) in [4.78, 5) is 2.49. The molecule has 0 spiro atoms. The molecule has 0 bridgehead atoms. The van der Waals surface area contributed by atoms with Crippen LogP contribution in [0.3, 0.4) is 0 Å². The molecule has 6 nitrogen and oxygen atoms in total. The Labute approximate surface area is 154 Å². The lowest BCUT2D eigenvalue weighted by Gasteiger charge is -2.26. The van der Waals surface area contributed by atoms with Crippen molar-refractivity contribution in [2.75, 3.05) is 26.3 Å². The predicted octanol–water partition coefficient (Wildman–Crippen LogP) is 1.87. The number of benzene rings is 2. The molecule has 0 radical (unpaired) electrons. The van der Waals surface area contributed by atoms with Gasteiger partial charge in [-0.2, -0.15) is 5.26 Å². The fourth-order valence-corrected chi connectivity index (χ4v) is 3.77. The van der Waals surface area contributed by atoms with E-state index in [2.05, 4.69) is 9.62 Å². The van der Waals surface area contributed by atoms with Gasteiger partial charge in [0.2, 0.25) is 10.0 Å². The Kier molecular flexibility index (Phi) is 6.01. The monoisotopic (exact) mass is 371 g/mol. The first-order valence-electron chi connectivity index (χ1n) is 8.44. The standard InChI is InChI=1S/C19H21N3O3S/c20-13-16-5-7-19(8-6-16)26(23,24)21-14-17-1-3-18(4-2-17)15-22-9-11-25-12-10-22/h1-8,21H,9-12,14-15H2. The SMILES string of the molecule is N#Cc1ccc(S(=O)(=O)NCc2ccc(CN3CCOCC3)cc2)cc1. The van der Waals surface area contributed by atoms with Gasteiger partial charge in [0.25, 0.3) is 0 Å². The van der Waals surface area contributed by atoms with E-state index in [1.807, 2.05) is 30.3 Å². The van der Waals surface area contributed by atoms with Crippen LogP contribution < -0.4 is 4.72 Å². The minimum Gasteiger partial charge on any atom is -0.379 e. The summed E-state index contributed by atoms with van der Waals surface area (Å²) in [6, 6.07) is 15.8. The van der Waals surface area contributed by atoms with Crippen LogP contribution in [0.25, 0.3) is 0 Å². The Balaban J connectivity index is 1.57. The van der Waals surface area contributed by atoms with Gasteiger partial charge in [0.1, 0.15) is 0 Å². The first-order chi connectivity index (χ1) is 12.6. The molecular weight excluding hydrogens is 350 g/mol. The van der Waals surface area contributed by atoms with Gasteiger partial charge in [0.15, 0.2) is 0 Å². The van der Waals surface area contributed by atoms with Crippen molar-refractivity contribution in [2.24, 2.45) is 0 Å². The number of nitrogens with zero attached hydrogens (tertiary/aromatic N) is 2. The molecule has 0 atom stereocenters. The van der Waals surface area contributed by atoms with Crippen molar-refractivity contribution >= 4 is 10.0 Å². The molecule has 1 aliphatic rings. The zero-order chi connectivity index (χ0) is 18.4. The van der Waals surface area contributed by atoms with Gasteiger partial charge < -0.3 is 4.74 Å². The van der Waals surface area contributed by atoms with E-state index < -0.39 is 10.0 Å². The molecular formula is C19H21N3O3S. The molecule has 0 aromatic heterocycles. The van der Waals surface area contributed by atoms with Crippen LogP contribution in [0.2, 0.25) is 0 Å². The average molecular weight is 371 g/mol. The van der Waals surface area contributed by atoms with Gasteiger partial charge in [0.05, 0.1) is 29.7 Å².